The van der Waals surface area contributed by atoms with Gasteiger partial charge in [-0.1, -0.05) is 0 Å². The van der Waals surface area contributed by atoms with Crippen molar-refractivity contribution < 1.29 is 23.1 Å². The summed E-state index contributed by atoms with van der Waals surface area (Å²) in [5, 5.41) is 1.93. The van der Waals surface area contributed by atoms with Crippen molar-refractivity contribution in [1.82, 2.24) is 5.32 Å². The number of esters is 1. The molecular formula is C7H9F2NO3. The predicted octanol–water partition coefficient (Wildman–Crippen LogP) is 0.444. The Morgan fingerprint density at radius 2 is 2.00 bits per heavy atom. The quantitative estimate of drug-likeness (QED) is 0.522. The lowest BCUT2D eigenvalue weighted by Crippen LogP contribution is -2.26. The Morgan fingerprint density at radius 1 is 1.46 bits per heavy atom. The van der Waals surface area contributed by atoms with Crippen molar-refractivity contribution >= 4 is 11.9 Å². The number of amides is 1. The van der Waals surface area contributed by atoms with E-state index in [1.54, 1.807) is 0 Å². The molecule has 0 saturated heterocycles. The number of methoxy groups -OCH3 is 1. The number of rotatable bonds is 3. The van der Waals surface area contributed by atoms with Crippen molar-refractivity contribution in [2.45, 2.75) is 13.3 Å². The van der Waals surface area contributed by atoms with E-state index in [0.717, 1.165) is 14.0 Å². The van der Waals surface area contributed by atoms with Gasteiger partial charge in [0.2, 0.25) is 5.91 Å². The number of alkyl halides is 2. The summed E-state index contributed by atoms with van der Waals surface area (Å²) in [5.41, 5.74) is -0.551. The van der Waals surface area contributed by atoms with Crippen LogP contribution in [0.1, 0.15) is 6.92 Å². The van der Waals surface area contributed by atoms with E-state index in [2.05, 4.69) is 4.74 Å². The monoisotopic (exact) mass is 193 g/mol. The van der Waals surface area contributed by atoms with Crippen LogP contribution in [0.15, 0.2) is 11.8 Å². The topological polar surface area (TPSA) is 55.4 Å². The van der Waals surface area contributed by atoms with Gasteiger partial charge in [-0.2, -0.15) is 0 Å². The highest BCUT2D eigenvalue weighted by Gasteiger charge is 2.13. The average Bonchev–Trinajstić information content (AvgIpc) is 2.00. The molecular weight excluding hydrogens is 184 g/mol. The van der Waals surface area contributed by atoms with Crippen molar-refractivity contribution in [2.75, 3.05) is 7.11 Å². The van der Waals surface area contributed by atoms with Gasteiger partial charge >= 0.3 is 5.97 Å². The molecule has 6 heteroatoms. The molecule has 1 amide bonds. The Morgan fingerprint density at radius 3 is 2.31 bits per heavy atom. The molecule has 0 spiro atoms. The molecule has 13 heavy (non-hydrogen) atoms. The van der Waals surface area contributed by atoms with E-state index < -0.39 is 24.0 Å². The van der Waals surface area contributed by atoms with Crippen LogP contribution in [0.5, 0.6) is 0 Å². The van der Waals surface area contributed by atoms with Crippen LogP contribution in [-0.2, 0) is 14.3 Å². The second-order valence-electron chi connectivity index (χ2n) is 2.09. The van der Waals surface area contributed by atoms with E-state index in [0.29, 0.717) is 6.08 Å². The molecule has 0 aromatic rings. The molecule has 0 unspecified atom stereocenters. The summed E-state index contributed by atoms with van der Waals surface area (Å²) in [4.78, 5) is 21.2. The number of carbonyl (C=O) groups is 2. The molecule has 0 aromatic carbocycles. The molecule has 0 aliphatic rings. The number of carbonyl (C=O) groups excluding carboxylic acids is 2. The van der Waals surface area contributed by atoms with Crippen LogP contribution in [0.25, 0.3) is 0 Å². The van der Waals surface area contributed by atoms with E-state index in [-0.39, 0.29) is 0 Å². The Labute approximate surface area is 73.6 Å². The fraction of sp³-hybridized carbons (Fsp3) is 0.429. The van der Waals surface area contributed by atoms with Gasteiger partial charge in [0.1, 0.15) is 5.70 Å². The summed E-state index contributed by atoms with van der Waals surface area (Å²) < 4.78 is 27.8. The van der Waals surface area contributed by atoms with Gasteiger partial charge in [-0.15, -0.1) is 0 Å². The zero-order chi connectivity index (χ0) is 10.4. The summed E-state index contributed by atoms with van der Waals surface area (Å²) >= 11 is 0. The lowest BCUT2D eigenvalue weighted by atomic mass is 10.4. The van der Waals surface area contributed by atoms with Crippen molar-refractivity contribution in [3.63, 3.8) is 0 Å². The SMILES string of the molecule is COC(=O)/C(=C/C(F)F)NC(C)=O. The summed E-state index contributed by atoms with van der Waals surface area (Å²) in [6.07, 6.45) is -2.51. The van der Waals surface area contributed by atoms with Gasteiger partial charge in [-0.25, -0.2) is 13.6 Å². The number of hydrogen-bond acceptors (Lipinski definition) is 3. The molecule has 74 valence electrons. The third-order valence-electron chi connectivity index (χ3n) is 1.01. The molecule has 0 aliphatic carbocycles. The van der Waals surface area contributed by atoms with Crippen LogP contribution in [0, 0.1) is 0 Å². The molecule has 0 saturated carbocycles. The fourth-order valence-corrected chi connectivity index (χ4v) is 0.586. The van der Waals surface area contributed by atoms with Crippen LogP contribution >= 0.6 is 0 Å². The van der Waals surface area contributed by atoms with Gasteiger partial charge in [0.05, 0.1) is 7.11 Å². The van der Waals surface area contributed by atoms with Crippen molar-refractivity contribution in [3.05, 3.63) is 11.8 Å². The Hall–Kier alpha value is -1.46. The maximum atomic E-state index is 11.8. The highest BCUT2D eigenvalue weighted by atomic mass is 19.3. The average molecular weight is 193 g/mol. The minimum absolute atomic E-state index is 0.313. The first-order chi connectivity index (χ1) is 5.97. The summed E-state index contributed by atoms with van der Waals surface area (Å²) in [5.74, 6) is -1.62. The van der Waals surface area contributed by atoms with Gasteiger partial charge in [-0.05, 0) is 0 Å². The first-order valence-electron chi connectivity index (χ1n) is 3.33. The van der Waals surface area contributed by atoms with Crippen molar-refractivity contribution in [1.29, 1.82) is 0 Å². The van der Waals surface area contributed by atoms with E-state index in [4.69, 9.17) is 0 Å². The van der Waals surface area contributed by atoms with Crippen molar-refractivity contribution in [2.24, 2.45) is 0 Å². The lowest BCUT2D eigenvalue weighted by Gasteiger charge is -2.04. The van der Waals surface area contributed by atoms with E-state index in [9.17, 15) is 18.4 Å². The number of hydrogen-bond donors (Lipinski definition) is 1. The number of halogens is 2. The second kappa shape index (κ2) is 5.23. The standard InChI is InChI=1S/C7H9F2NO3/c1-4(11)10-5(3-6(8)9)7(12)13-2/h3,6H,1-2H3,(H,10,11)/b5-3-. The second-order valence-corrected chi connectivity index (χ2v) is 2.09. The molecule has 0 aromatic heterocycles. The minimum atomic E-state index is -2.82. The predicted molar refractivity (Wildman–Crippen MR) is 39.9 cm³/mol. The summed E-state index contributed by atoms with van der Waals surface area (Å²) in [6.45, 7) is 1.10. The lowest BCUT2D eigenvalue weighted by molar-refractivity contribution is -0.137. The summed E-state index contributed by atoms with van der Waals surface area (Å²) in [6, 6.07) is 0. The Bertz CT molecular complexity index is 238. The number of ether oxygens (including phenoxy) is 1. The van der Waals surface area contributed by atoms with E-state index in [1.807, 2.05) is 5.32 Å². The third kappa shape index (κ3) is 4.89. The molecule has 0 rings (SSSR count). The highest BCUT2D eigenvalue weighted by Crippen LogP contribution is 2.00. The highest BCUT2D eigenvalue weighted by molar-refractivity contribution is 5.93. The molecule has 0 aliphatic heterocycles. The largest absolute Gasteiger partial charge is 0.464 e. The van der Waals surface area contributed by atoms with Gasteiger partial charge in [0.25, 0.3) is 6.43 Å². The maximum absolute atomic E-state index is 11.8. The normalized spacial score (nSPS) is 11.3. The smallest absolute Gasteiger partial charge is 0.354 e. The molecule has 1 N–H and O–H groups in total. The fourth-order valence-electron chi connectivity index (χ4n) is 0.586. The van der Waals surface area contributed by atoms with Crippen LogP contribution in [-0.4, -0.2) is 25.4 Å². The molecule has 0 bridgehead atoms. The third-order valence-corrected chi connectivity index (χ3v) is 1.01. The van der Waals surface area contributed by atoms with E-state index in [1.165, 1.54) is 0 Å². The van der Waals surface area contributed by atoms with E-state index >= 15 is 0 Å². The van der Waals surface area contributed by atoms with Gasteiger partial charge in [-0.3, -0.25) is 4.79 Å². The summed E-state index contributed by atoms with van der Waals surface area (Å²) in [7, 11) is 1.03. The van der Waals surface area contributed by atoms with Crippen LogP contribution in [0.4, 0.5) is 8.78 Å². The first-order valence-corrected chi connectivity index (χ1v) is 3.33. The Kier molecular flexibility index (Phi) is 4.64. The number of nitrogens with one attached hydrogen (secondary N) is 1. The molecule has 0 atom stereocenters. The van der Waals surface area contributed by atoms with Gasteiger partial charge < -0.3 is 10.1 Å². The zero-order valence-electron chi connectivity index (χ0n) is 7.14. The minimum Gasteiger partial charge on any atom is -0.464 e. The van der Waals surface area contributed by atoms with Gasteiger partial charge in [0.15, 0.2) is 0 Å². The number of allylic oxidation sites excluding steroid dienone is 1. The van der Waals surface area contributed by atoms with Crippen molar-refractivity contribution in [3.8, 4) is 0 Å². The van der Waals surface area contributed by atoms with Crippen LogP contribution in [0.2, 0.25) is 0 Å². The van der Waals surface area contributed by atoms with Crippen LogP contribution in [0.3, 0.4) is 0 Å². The maximum Gasteiger partial charge on any atom is 0.354 e. The first kappa shape index (κ1) is 11.5. The Balaban J connectivity index is 4.55. The molecule has 0 heterocycles. The molecule has 0 fully saturated rings. The van der Waals surface area contributed by atoms with Gasteiger partial charge in [0, 0.05) is 13.0 Å². The molecule has 0 radical (unpaired) electrons. The van der Waals surface area contributed by atoms with Crippen LogP contribution < -0.4 is 5.32 Å². The zero-order valence-corrected chi connectivity index (χ0v) is 7.14. The molecule has 4 nitrogen and oxygen atoms in total.